The number of aromatic amines is 2. The molecule has 0 radical (unpaired) electrons. The van der Waals surface area contributed by atoms with Crippen molar-refractivity contribution in [1.29, 1.82) is 0 Å². The summed E-state index contributed by atoms with van der Waals surface area (Å²) in [5.41, 5.74) is 3.53. The number of aromatic nitrogens is 3. The van der Waals surface area contributed by atoms with Crippen molar-refractivity contribution in [2.75, 3.05) is 26.2 Å². The van der Waals surface area contributed by atoms with Gasteiger partial charge in [-0.1, -0.05) is 0 Å². The van der Waals surface area contributed by atoms with Crippen molar-refractivity contribution < 1.29 is 14.0 Å². The molecule has 1 unspecified atom stereocenters. The smallest absolute Gasteiger partial charge is 0.227 e. The van der Waals surface area contributed by atoms with Gasteiger partial charge in [-0.2, -0.15) is 0 Å². The first-order chi connectivity index (χ1) is 16.5. The number of halogens is 1. The minimum atomic E-state index is -0.289. The van der Waals surface area contributed by atoms with Gasteiger partial charge in [0.2, 0.25) is 11.8 Å². The molecule has 2 amide bonds. The highest BCUT2D eigenvalue weighted by Crippen LogP contribution is 2.22. The van der Waals surface area contributed by atoms with Crippen molar-refractivity contribution in [3.63, 3.8) is 0 Å². The molecular formula is C25H27FN6O2. The van der Waals surface area contributed by atoms with Gasteiger partial charge in [-0.25, -0.2) is 9.37 Å². The molecule has 4 heterocycles. The lowest BCUT2D eigenvalue weighted by molar-refractivity contribution is -0.133. The van der Waals surface area contributed by atoms with E-state index in [0.717, 1.165) is 33.1 Å². The van der Waals surface area contributed by atoms with E-state index in [1.165, 1.54) is 19.1 Å². The Morgan fingerprint density at radius 3 is 2.68 bits per heavy atom. The molecule has 176 valence electrons. The lowest BCUT2D eigenvalue weighted by atomic mass is 10.1. The Hall–Kier alpha value is -3.72. The zero-order valence-electron chi connectivity index (χ0n) is 19.0. The van der Waals surface area contributed by atoms with Crippen LogP contribution in [0, 0.1) is 5.82 Å². The summed E-state index contributed by atoms with van der Waals surface area (Å²) in [6.45, 7) is 3.94. The first-order valence-electron chi connectivity index (χ1n) is 11.4. The minimum Gasteiger partial charge on any atom is -0.361 e. The summed E-state index contributed by atoms with van der Waals surface area (Å²) in [5, 5.41) is 4.82. The molecule has 0 spiro atoms. The van der Waals surface area contributed by atoms with Crippen LogP contribution in [0.1, 0.15) is 18.1 Å². The molecule has 9 heteroatoms. The van der Waals surface area contributed by atoms with Crippen LogP contribution in [0.5, 0.6) is 0 Å². The molecule has 3 aromatic heterocycles. The van der Waals surface area contributed by atoms with E-state index in [1.807, 2.05) is 29.4 Å². The fourth-order valence-corrected chi connectivity index (χ4v) is 4.75. The first kappa shape index (κ1) is 22.1. The van der Waals surface area contributed by atoms with Crippen LogP contribution < -0.4 is 5.32 Å². The largest absolute Gasteiger partial charge is 0.361 e. The third-order valence-electron chi connectivity index (χ3n) is 6.50. The number of H-pyrrole nitrogens is 2. The number of piperazine rings is 1. The van der Waals surface area contributed by atoms with Gasteiger partial charge in [-0.3, -0.25) is 14.5 Å². The third kappa shape index (κ3) is 4.51. The molecular weight excluding hydrogens is 435 g/mol. The van der Waals surface area contributed by atoms with Gasteiger partial charge in [0.25, 0.3) is 0 Å². The molecule has 1 aromatic carbocycles. The fraction of sp³-hybridized carbons (Fsp3) is 0.320. The van der Waals surface area contributed by atoms with Crippen LogP contribution in [-0.4, -0.2) is 68.9 Å². The molecule has 3 N–H and O–H groups in total. The molecule has 34 heavy (non-hydrogen) atoms. The number of hydrogen-bond acceptors (Lipinski definition) is 4. The summed E-state index contributed by atoms with van der Waals surface area (Å²) in [5.74, 6) is -0.336. The summed E-state index contributed by atoms with van der Waals surface area (Å²) < 4.78 is 13.8. The number of benzene rings is 1. The van der Waals surface area contributed by atoms with Crippen LogP contribution in [-0.2, 0) is 22.4 Å². The van der Waals surface area contributed by atoms with Crippen LogP contribution >= 0.6 is 0 Å². The fourth-order valence-electron chi connectivity index (χ4n) is 4.75. The van der Waals surface area contributed by atoms with Gasteiger partial charge in [-0.15, -0.1) is 0 Å². The van der Waals surface area contributed by atoms with Gasteiger partial charge >= 0.3 is 0 Å². The van der Waals surface area contributed by atoms with Gasteiger partial charge in [0.1, 0.15) is 11.5 Å². The van der Waals surface area contributed by atoms with E-state index < -0.39 is 0 Å². The van der Waals surface area contributed by atoms with Crippen LogP contribution in [0.15, 0.2) is 48.9 Å². The molecule has 1 fully saturated rings. The number of nitrogens with one attached hydrogen (secondary N) is 3. The van der Waals surface area contributed by atoms with E-state index >= 15 is 0 Å². The molecule has 1 aliphatic heterocycles. The van der Waals surface area contributed by atoms with E-state index in [4.69, 9.17) is 0 Å². The van der Waals surface area contributed by atoms with E-state index in [-0.39, 0.29) is 23.8 Å². The van der Waals surface area contributed by atoms with Crippen molar-refractivity contribution in [3.05, 3.63) is 65.9 Å². The number of hydrogen-bond donors (Lipinski definition) is 3. The van der Waals surface area contributed by atoms with Gasteiger partial charge in [0.05, 0.1) is 12.6 Å². The number of nitrogens with zero attached hydrogens (tertiary/aromatic N) is 3. The van der Waals surface area contributed by atoms with Crippen LogP contribution in [0.4, 0.5) is 4.39 Å². The Morgan fingerprint density at radius 1 is 1.09 bits per heavy atom. The molecule has 1 aliphatic rings. The predicted octanol–water partition coefficient (Wildman–Crippen LogP) is 2.57. The van der Waals surface area contributed by atoms with Crippen LogP contribution in [0.2, 0.25) is 0 Å². The van der Waals surface area contributed by atoms with Crippen molar-refractivity contribution >= 4 is 33.8 Å². The van der Waals surface area contributed by atoms with Crippen LogP contribution in [0.3, 0.4) is 0 Å². The lowest BCUT2D eigenvalue weighted by Gasteiger charge is -2.39. The van der Waals surface area contributed by atoms with Crippen molar-refractivity contribution in [2.45, 2.75) is 25.9 Å². The maximum atomic E-state index is 13.8. The number of carbonyl (C=O) groups excluding carboxylic acids is 2. The average Bonchev–Trinajstić information content (AvgIpc) is 3.42. The summed E-state index contributed by atoms with van der Waals surface area (Å²) in [6, 6.07) is 8.50. The highest BCUT2D eigenvalue weighted by Gasteiger charge is 2.28. The van der Waals surface area contributed by atoms with E-state index in [1.54, 1.807) is 12.3 Å². The maximum Gasteiger partial charge on any atom is 0.227 e. The Balaban J connectivity index is 1.25. The van der Waals surface area contributed by atoms with Gasteiger partial charge < -0.3 is 20.2 Å². The number of amides is 2. The van der Waals surface area contributed by atoms with E-state index in [2.05, 4.69) is 25.2 Å². The van der Waals surface area contributed by atoms with Crippen molar-refractivity contribution in [3.8, 4) is 0 Å². The SMILES string of the molecule is CC(=O)NC(Cc1c[nH]c2ccc(F)cc12)N1CCN(C(=O)Cc2c[nH]c3ncccc23)CC1. The summed E-state index contributed by atoms with van der Waals surface area (Å²) in [7, 11) is 0. The summed E-state index contributed by atoms with van der Waals surface area (Å²) in [6.07, 6.45) is 6.07. The maximum absolute atomic E-state index is 13.8. The highest BCUT2D eigenvalue weighted by molar-refractivity contribution is 5.87. The Morgan fingerprint density at radius 2 is 1.88 bits per heavy atom. The third-order valence-corrected chi connectivity index (χ3v) is 6.50. The molecule has 1 atom stereocenters. The Labute approximate surface area is 196 Å². The van der Waals surface area contributed by atoms with Gasteiger partial charge in [-0.05, 0) is 41.5 Å². The molecule has 0 aliphatic carbocycles. The molecule has 5 rings (SSSR count). The highest BCUT2D eigenvalue weighted by atomic mass is 19.1. The Kier molecular flexibility index (Phi) is 6.02. The zero-order chi connectivity index (χ0) is 23.7. The zero-order valence-corrected chi connectivity index (χ0v) is 19.0. The summed E-state index contributed by atoms with van der Waals surface area (Å²) in [4.78, 5) is 39.5. The number of rotatable bonds is 6. The predicted molar refractivity (Wildman–Crippen MR) is 128 cm³/mol. The summed E-state index contributed by atoms with van der Waals surface area (Å²) >= 11 is 0. The normalized spacial score (nSPS) is 15.6. The van der Waals surface area contributed by atoms with E-state index in [0.29, 0.717) is 39.0 Å². The lowest BCUT2D eigenvalue weighted by Crippen LogP contribution is -2.57. The van der Waals surface area contributed by atoms with Crippen molar-refractivity contribution in [2.24, 2.45) is 0 Å². The Bertz CT molecular complexity index is 1340. The molecule has 0 bridgehead atoms. The van der Waals surface area contributed by atoms with Crippen LogP contribution in [0.25, 0.3) is 21.9 Å². The number of pyridine rings is 1. The van der Waals surface area contributed by atoms with Crippen molar-refractivity contribution in [1.82, 2.24) is 30.1 Å². The number of carbonyl (C=O) groups is 2. The minimum absolute atomic E-state index is 0.0765. The second kappa shape index (κ2) is 9.26. The van der Waals surface area contributed by atoms with E-state index in [9.17, 15) is 14.0 Å². The second-order valence-electron chi connectivity index (χ2n) is 8.73. The average molecular weight is 463 g/mol. The number of fused-ring (bicyclic) bond motifs is 2. The molecule has 1 saturated heterocycles. The topological polar surface area (TPSA) is 97.1 Å². The van der Waals surface area contributed by atoms with Gasteiger partial charge in [0, 0.05) is 74.4 Å². The first-order valence-corrected chi connectivity index (χ1v) is 11.4. The molecule has 0 saturated carbocycles. The monoisotopic (exact) mass is 462 g/mol. The molecule has 8 nitrogen and oxygen atoms in total. The molecule has 4 aromatic rings. The van der Waals surface area contributed by atoms with Gasteiger partial charge in [0.15, 0.2) is 0 Å². The second-order valence-corrected chi connectivity index (χ2v) is 8.73. The quantitative estimate of drug-likeness (QED) is 0.410. The standard InChI is InChI=1S/C25H27FN6O2/c1-16(33)30-23(11-17-14-28-22-5-4-19(26)13-21(17)22)31-7-9-32(10-8-31)24(34)12-18-15-29-25-20(18)3-2-6-27-25/h2-6,13-15,23,28H,7-12H2,1H3,(H,27,29)(H,30,33).